The predicted octanol–water partition coefficient (Wildman–Crippen LogP) is 5.87. The Kier molecular flexibility index (Phi) is 7.15. The summed E-state index contributed by atoms with van der Waals surface area (Å²) in [5, 5.41) is 5.71. The molecule has 0 aliphatic rings. The molecular weight excluding hydrogens is 550 g/mol. The largest absolute Gasteiger partial charge is 0.496 e. The number of hydrogen-bond donors (Lipinski definition) is 0. The van der Waals surface area contributed by atoms with Gasteiger partial charge in [0.2, 0.25) is 5.82 Å². The molecule has 3 aromatic carbocycles. The zero-order valence-corrected chi connectivity index (χ0v) is 22.2. The van der Waals surface area contributed by atoms with Gasteiger partial charge in [0.05, 0.1) is 40.7 Å². The van der Waals surface area contributed by atoms with E-state index in [1.165, 1.54) is 4.68 Å². The summed E-state index contributed by atoms with van der Waals surface area (Å²) in [4.78, 5) is 18.3. The zero-order valence-electron chi connectivity index (χ0n) is 20.6. The van der Waals surface area contributed by atoms with Crippen molar-refractivity contribution in [3.63, 3.8) is 0 Å². The summed E-state index contributed by atoms with van der Waals surface area (Å²) < 4.78 is 24.8. The third-order valence-electron chi connectivity index (χ3n) is 5.67. The van der Waals surface area contributed by atoms with Crippen LogP contribution in [0.4, 0.5) is 0 Å². The number of aromatic nitrogens is 2. The van der Waals surface area contributed by atoms with Gasteiger partial charge in [-0.05, 0) is 70.9 Å². The van der Waals surface area contributed by atoms with E-state index >= 15 is 0 Å². The van der Waals surface area contributed by atoms with E-state index in [0.717, 1.165) is 5.39 Å². The summed E-state index contributed by atoms with van der Waals surface area (Å²) in [6, 6.07) is 17.9. The quantitative estimate of drug-likeness (QED) is 0.171. The maximum Gasteiger partial charge on any atom is 0.282 e. The van der Waals surface area contributed by atoms with Crippen molar-refractivity contribution in [1.82, 2.24) is 9.66 Å². The van der Waals surface area contributed by atoms with Gasteiger partial charge >= 0.3 is 0 Å². The Morgan fingerprint density at radius 2 is 1.95 bits per heavy atom. The van der Waals surface area contributed by atoms with E-state index in [9.17, 15) is 4.79 Å². The molecule has 0 aliphatic heterocycles. The van der Waals surface area contributed by atoms with Crippen LogP contribution in [0.1, 0.15) is 12.5 Å². The van der Waals surface area contributed by atoms with E-state index in [0.29, 0.717) is 56.1 Å². The summed E-state index contributed by atoms with van der Waals surface area (Å²) in [5.74, 6) is 4.70. The Morgan fingerprint density at radius 1 is 1.11 bits per heavy atom. The van der Waals surface area contributed by atoms with Gasteiger partial charge in [0.1, 0.15) is 17.9 Å². The molecule has 9 heteroatoms. The van der Waals surface area contributed by atoms with Crippen molar-refractivity contribution in [3.05, 3.63) is 81.1 Å². The molecule has 2 aromatic heterocycles. The average molecular weight is 572 g/mol. The molecule has 0 atom stereocenters. The number of ether oxygens (including phenoxy) is 3. The van der Waals surface area contributed by atoms with Crippen molar-refractivity contribution >= 4 is 44.0 Å². The van der Waals surface area contributed by atoms with E-state index in [1.54, 1.807) is 49.7 Å². The number of methoxy groups -OCH3 is 1. The Hall–Kier alpha value is -4.55. The number of hydrogen-bond acceptors (Lipinski definition) is 7. The number of fused-ring (bicyclic) bond motifs is 2. The van der Waals surface area contributed by atoms with Gasteiger partial charge in [0.25, 0.3) is 5.56 Å². The molecule has 0 unspecified atom stereocenters. The Morgan fingerprint density at radius 3 is 2.74 bits per heavy atom. The standard InChI is InChI=1S/C29H22BrN3O5/c1-4-13-37-27-21(30)14-18(15-25(27)36-5-2)17-31-33-28(32-22-10-7-6-9-19(22)29(33)34)26-16-20-23(35-3)11-8-12-24(20)38-26/h1,6-12,14-17H,5,13H2,2-3H3. The van der Waals surface area contributed by atoms with Crippen molar-refractivity contribution in [3.8, 4) is 41.2 Å². The van der Waals surface area contributed by atoms with Crippen LogP contribution in [-0.2, 0) is 0 Å². The lowest BCUT2D eigenvalue weighted by atomic mass is 10.2. The molecule has 5 rings (SSSR count). The second-order valence-electron chi connectivity index (χ2n) is 8.05. The molecule has 0 bridgehead atoms. The molecule has 0 N–H and O–H groups in total. The van der Waals surface area contributed by atoms with Crippen LogP contribution in [0.3, 0.4) is 0 Å². The van der Waals surface area contributed by atoms with Crippen LogP contribution in [0.25, 0.3) is 33.5 Å². The molecule has 5 aromatic rings. The van der Waals surface area contributed by atoms with Crippen molar-refractivity contribution in [2.24, 2.45) is 5.10 Å². The Balaban J connectivity index is 1.66. The van der Waals surface area contributed by atoms with Gasteiger partial charge in [-0.2, -0.15) is 9.78 Å². The van der Waals surface area contributed by atoms with E-state index in [1.807, 2.05) is 31.2 Å². The van der Waals surface area contributed by atoms with Crippen molar-refractivity contribution in [1.29, 1.82) is 0 Å². The van der Waals surface area contributed by atoms with E-state index in [2.05, 4.69) is 27.0 Å². The molecule has 0 saturated carbocycles. The Bertz CT molecular complexity index is 1780. The smallest absolute Gasteiger partial charge is 0.282 e. The molecule has 0 aliphatic carbocycles. The lowest BCUT2D eigenvalue weighted by Gasteiger charge is -2.13. The fraction of sp³-hybridized carbons (Fsp3) is 0.138. The van der Waals surface area contributed by atoms with Gasteiger partial charge in [-0.25, -0.2) is 4.98 Å². The van der Waals surface area contributed by atoms with Gasteiger partial charge in [-0.1, -0.05) is 24.1 Å². The first kappa shape index (κ1) is 25.1. The molecule has 38 heavy (non-hydrogen) atoms. The fourth-order valence-corrected chi connectivity index (χ4v) is 4.59. The van der Waals surface area contributed by atoms with Crippen molar-refractivity contribution in [2.45, 2.75) is 6.92 Å². The minimum Gasteiger partial charge on any atom is -0.496 e. The normalized spacial score (nSPS) is 11.2. The highest BCUT2D eigenvalue weighted by molar-refractivity contribution is 9.10. The second-order valence-corrected chi connectivity index (χ2v) is 8.91. The van der Waals surface area contributed by atoms with Crippen molar-refractivity contribution in [2.75, 3.05) is 20.3 Å². The van der Waals surface area contributed by atoms with Crippen LogP contribution in [0.15, 0.2) is 79.4 Å². The van der Waals surface area contributed by atoms with Gasteiger partial charge in [0.15, 0.2) is 17.3 Å². The number of nitrogens with zero attached hydrogens (tertiary/aromatic N) is 3. The first-order valence-corrected chi connectivity index (χ1v) is 12.5. The number of para-hydroxylation sites is 1. The number of terminal acetylenes is 1. The van der Waals surface area contributed by atoms with E-state index < -0.39 is 0 Å². The first-order chi connectivity index (χ1) is 18.5. The summed E-state index contributed by atoms with van der Waals surface area (Å²) in [7, 11) is 1.59. The van der Waals surface area contributed by atoms with Crippen molar-refractivity contribution < 1.29 is 18.6 Å². The average Bonchev–Trinajstić information content (AvgIpc) is 3.37. The number of benzene rings is 3. The van der Waals surface area contributed by atoms with Gasteiger partial charge in [0, 0.05) is 0 Å². The third-order valence-corrected chi connectivity index (χ3v) is 6.26. The third kappa shape index (κ3) is 4.74. The minimum absolute atomic E-state index is 0.0932. The molecule has 0 saturated heterocycles. The van der Waals surface area contributed by atoms with E-state index in [4.69, 9.17) is 30.0 Å². The van der Waals surface area contributed by atoms with Crippen LogP contribution in [0, 0.1) is 12.3 Å². The zero-order chi connectivity index (χ0) is 26.6. The lowest BCUT2D eigenvalue weighted by Crippen LogP contribution is -2.20. The van der Waals surface area contributed by atoms with Crippen LogP contribution < -0.4 is 19.8 Å². The molecule has 0 spiro atoms. The first-order valence-electron chi connectivity index (χ1n) is 11.7. The van der Waals surface area contributed by atoms with Gasteiger partial charge in [-0.15, -0.1) is 6.42 Å². The molecular formula is C29H22BrN3O5. The lowest BCUT2D eigenvalue weighted by molar-refractivity contribution is 0.298. The fourth-order valence-electron chi connectivity index (χ4n) is 4.02. The number of halogens is 1. The highest BCUT2D eigenvalue weighted by atomic mass is 79.9. The molecule has 0 fully saturated rings. The highest BCUT2D eigenvalue weighted by Crippen LogP contribution is 2.37. The second kappa shape index (κ2) is 10.8. The van der Waals surface area contributed by atoms with Crippen LogP contribution in [0.2, 0.25) is 0 Å². The summed E-state index contributed by atoms with van der Waals surface area (Å²) in [5.41, 5.74) is 1.45. The number of furan rings is 1. The Labute approximate surface area is 226 Å². The summed E-state index contributed by atoms with van der Waals surface area (Å²) in [6.07, 6.45) is 6.89. The van der Waals surface area contributed by atoms with Crippen LogP contribution >= 0.6 is 15.9 Å². The molecule has 0 radical (unpaired) electrons. The number of rotatable bonds is 8. The maximum atomic E-state index is 13.6. The van der Waals surface area contributed by atoms with Gasteiger partial charge < -0.3 is 18.6 Å². The highest BCUT2D eigenvalue weighted by Gasteiger charge is 2.18. The molecule has 0 amide bonds. The van der Waals surface area contributed by atoms with E-state index in [-0.39, 0.29) is 18.0 Å². The maximum absolute atomic E-state index is 13.6. The minimum atomic E-state index is -0.340. The predicted molar refractivity (Wildman–Crippen MR) is 150 cm³/mol. The molecule has 2 heterocycles. The van der Waals surface area contributed by atoms with Crippen LogP contribution in [-0.4, -0.2) is 36.2 Å². The molecule has 8 nitrogen and oxygen atoms in total. The summed E-state index contributed by atoms with van der Waals surface area (Å²) >= 11 is 3.51. The monoisotopic (exact) mass is 571 g/mol. The van der Waals surface area contributed by atoms with Crippen LogP contribution in [0.5, 0.6) is 17.2 Å². The summed E-state index contributed by atoms with van der Waals surface area (Å²) in [6.45, 7) is 2.39. The van der Waals surface area contributed by atoms with Gasteiger partial charge in [-0.3, -0.25) is 4.79 Å². The molecule has 190 valence electrons. The topological polar surface area (TPSA) is 88.1 Å². The SMILES string of the molecule is C#CCOc1c(Br)cc(C=Nn2c(-c3cc4c(OC)cccc4o3)nc3ccccc3c2=O)cc1OCC.